The number of carbonyl (C=O) groups excluding carboxylic acids is 1. The van der Waals surface area contributed by atoms with E-state index in [9.17, 15) is 4.79 Å². The molecule has 1 saturated carbocycles. The van der Waals surface area contributed by atoms with Crippen molar-refractivity contribution in [2.24, 2.45) is 17.8 Å². The fraction of sp³-hybridized carbons (Fsp3) is 0.933. The lowest BCUT2D eigenvalue weighted by atomic mass is 9.94. The molecular weight excluding hydrogens is 241 g/mol. The summed E-state index contributed by atoms with van der Waals surface area (Å²) in [7, 11) is 2.81. The molecule has 0 aromatic carbocycles. The van der Waals surface area contributed by atoms with Crippen molar-refractivity contribution in [1.29, 1.82) is 0 Å². The van der Waals surface area contributed by atoms with Crippen LogP contribution < -0.4 is 0 Å². The number of nitrogens with zero attached hydrogens (tertiary/aromatic N) is 1. The summed E-state index contributed by atoms with van der Waals surface area (Å²) in [6.45, 7) is 6.57. The molecule has 5 unspecified atom stereocenters. The van der Waals surface area contributed by atoms with E-state index in [1.165, 1.54) is 32.1 Å². The monoisotopic (exact) mass is 269 g/mol. The van der Waals surface area contributed by atoms with Crippen molar-refractivity contribution in [3.8, 4) is 0 Å². The average molecular weight is 269 g/mol. The molecule has 2 aliphatic rings. The largest absolute Gasteiger partial charge is 0.342 e. The van der Waals surface area contributed by atoms with Crippen LogP contribution in [0.4, 0.5) is 0 Å². The van der Waals surface area contributed by atoms with Gasteiger partial charge in [0.05, 0.1) is 0 Å². The fourth-order valence-electron chi connectivity index (χ4n) is 3.24. The minimum absolute atomic E-state index is 0.327. The molecule has 0 radical (unpaired) electrons. The van der Waals surface area contributed by atoms with Gasteiger partial charge in [0.25, 0.3) is 0 Å². The standard InChI is InChI=1S/C15H28NOP/c1-3-5-12-7-6-11(4-2)9-16(10-12)15(17)13-8-14(13)18/h11-14H,3-10,18H2,1-2H3. The smallest absolute Gasteiger partial charge is 0.226 e. The van der Waals surface area contributed by atoms with E-state index >= 15 is 0 Å². The van der Waals surface area contributed by atoms with Gasteiger partial charge in [0.15, 0.2) is 0 Å². The predicted molar refractivity (Wildman–Crippen MR) is 79.6 cm³/mol. The topological polar surface area (TPSA) is 20.3 Å². The Morgan fingerprint density at radius 3 is 2.39 bits per heavy atom. The third-order valence-corrected chi connectivity index (χ3v) is 5.42. The molecule has 1 heterocycles. The third-order valence-electron chi connectivity index (χ3n) is 4.68. The lowest BCUT2D eigenvalue weighted by Crippen LogP contribution is -2.38. The molecule has 104 valence electrons. The highest BCUT2D eigenvalue weighted by molar-refractivity contribution is 7.18. The molecule has 0 N–H and O–H groups in total. The van der Waals surface area contributed by atoms with Crippen LogP contribution in [-0.2, 0) is 4.79 Å². The number of carbonyl (C=O) groups is 1. The summed E-state index contributed by atoms with van der Waals surface area (Å²) in [6, 6.07) is 0. The van der Waals surface area contributed by atoms with Gasteiger partial charge in [-0.25, -0.2) is 0 Å². The number of hydrogen-bond donors (Lipinski definition) is 0. The number of hydrogen-bond acceptors (Lipinski definition) is 1. The van der Waals surface area contributed by atoms with Gasteiger partial charge in [-0.05, 0) is 43.2 Å². The van der Waals surface area contributed by atoms with Crippen molar-refractivity contribution in [3.63, 3.8) is 0 Å². The zero-order chi connectivity index (χ0) is 13.1. The second-order valence-corrected chi connectivity index (χ2v) is 7.11. The Morgan fingerprint density at radius 2 is 1.83 bits per heavy atom. The average Bonchev–Trinajstić information content (AvgIpc) is 3.11. The molecule has 2 fully saturated rings. The van der Waals surface area contributed by atoms with Crippen LogP contribution in [0.15, 0.2) is 0 Å². The van der Waals surface area contributed by atoms with Crippen molar-refractivity contribution in [2.45, 2.75) is 58.0 Å². The second kappa shape index (κ2) is 6.37. The summed E-state index contributed by atoms with van der Waals surface area (Å²) in [4.78, 5) is 14.7. The van der Waals surface area contributed by atoms with E-state index in [1.807, 2.05) is 0 Å². The summed E-state index contributed by atoms with van der Waals surface area (Å²) < 4.78 is 0. The maximum Gasteiger partial charge on any atom is 0.226 e. The van der Waals surface area contributed by atoms with E-state index < -0.39 is 0 Å². The number of likely N-dealkylation sites (tertiary alicyclic amines) is 1. The predicted octanol–water partition coefficient (Wildman–Crippen LogP) is 3.31. The zero-order valence-electron chi connectivity index (χ0n) is 11.9. The van der Waals surface area contributed by atoms with Gasteiger partial charge in [0, 0.05) is 19.0 Å². The normalized spacial score (nSPS) is 36.3. The lowest BCUT2D eigenvalue weighted by Gasteiger charge is -2.26. The van der Waals surface area contributed by atoms with Crippen LogP contribution in [0.5, 0.6) is 0 Å². The molecule has 1 amide bonds. The van der Waals surface area contributed by atoms with Crippen LogP contribution in [0.3, 0.4) is 0 Å². The van der Waals surface area contributed by atoms with E-state index in [2.05, 4.69) is 28.0 Å². The van der Waals surface area contributed by atoms with Gasteiger partial charge >= 0.3 is 0 Å². The van der Waals surface area contributed by atoms with Gasteiger partial charge in [-0.2, -0.15) is 0 Å². The summed E-state index contributed by atoms with van der Waals surface area (Å²) in [6.07, 6.45) is 7.49. The van der Waals surface area contributed by atoms with Gasteiger partial charge in [-0.1, -0.05) is 26.7 Å². The molecular formula is C15H28NOP. The minimum atomic E-state index is 0.327. The molecule has 0 spiro atoms. The Morgan fingerprint density at radius 1 is 1.22 bits per heavy atom. The molecule has 18 heavy (non-hydrogen) atoms. The zero-order valence-corrected chi connectivity index (χ0v) is 13.1. The molecule has 1 aliphatic heterocycles. The maximum absolute atomic E-state index is 12.4. The van der Waals surface area contributed by atoms with Gasteiger partial charge in [0.1, 0.15) is 0 Å². The highest BCUT2D eigenvalue weighted by Gasteiger charge is 2.42. The SMILES string of the molecule is CCCC1CCC(CC)CN(C(=O)C2CC2P)C1. The van der Waals surface area contributed by atoms with Crippen LogP contribution in [0.2, 0.25) is 0 Å². The molecule has 0 aromatic heterocycles. The molecule has 0 aromatic rings. The maximum atomic E-state index is 12.4. The second-order valence-electron chi connectivity index (χ2n) is 6.26. The quantitative estimate of drug-likeness (QED) is 0.717. The molecule has 1 aliphatic carbocycles. The van der Waals surface area contributed by atoms with Crippen molar-refractivity contribution in [3.05, 3.63) is 0 Å². The first-order chi connectivity index (χ1) is 8.65. The van der Waals surface area contributed by atoms with Crippen LogP contribution in [0.25, 0.3) is 0 Å². The van der Waals surface area contributed by atoms with E-state index in [0.29, 0.717) is 17.5 Å². The Balaban J connectivity index is 1.98. The number of rotatable bonds is 4. The van der Waals surface area contributed by atoms with Crippen LogP contribution >= 0.6 is 9.24 Å². The molecule has 5 atom stereocenters. The third kappa shape index (κ3) is 3.47. The highest BCUT2D eigenvalue weighted by atomic mass is 31.0. The summed E-state index contributed by atoms with van der Waals surface area (Å²) in [5.74, 6) is 2.25. The molecule has 0 bridgehead atoms. The Hall–Kier alpha value is -0.100. The fourth-order valence-corrected chi connectivity index (χ4v) is 3.70. The first kappa shape index (κ1) is 14.3. The first-order valence-corrected chi connectivity index (χ1v) is 8.36. The summed E-state index contributed by atoms with van der Waals surface area (Å²) in [5, 5.41) is 0. The molecule has 3 heteroatoms. The van der Waals surface area contributed by atoms with E-state index in [0.717, 1.165) is 31.3 Å². The first-order valence-electron chi connectivity index (χ1n) is 7.70. The van der Waals surface area contributed by atoms with Crippen LogP contribution in [-0.4, -0.2) is 29.6 Å². The van der Waals surface area contributed by atoms with Gasteiger partial charge in [-0.3, -0.25) is 4.79 Å². The van der Waals surface area contributed by atoms with E-state index in [4.69, 9.17) is 0 Å². The molecule has 2 rings (SSSR count). The van der Waals surface area contributed by atoms with Crippen molar-refractivity contribution >= 4 is 15.1 Å². The minimum Gasteiger partial charge on any atom is -0.342 e. The van der Waals surface area contributed by atoms with Crippen LogP contribution in [0, 0.1) is 17.8 Å². The van der Waals surface area contributed by atoms with Crippen molar-refractivity contribution < 1.29 is 4.79 Å². The lowest BCUT2D eigenvalue weighted by molar-refractivity contribution is -0.133. The van der Waals surface area contributed by atoms with E-state index in [-0.39, 0.29) is 0 Å². The Bertz CT molecular complexity index is 294. The van der Waals surface area contributed by atoms with Gasteiger partial charge in [0.2, 0.25) is 5.91 Å². The summed E-state index contributed by atoms with van der Waals surface area (Å²) >= 11 is 0. The number of amides is 1. The highest BCUT2D eigenvalue weighted by Crippen LogP contribution is 2.40. The Labute approximate surface area is 114 Å². The molecule has 2 nitrogen and oxygen atoms in total. The molecule has 1 saturated heterocycles. The van der Waals surface area contributed by atoms with Gasteiger partial charge < -0.3 is 4.90 Å². The van der Waals surface area contributed by atoms with Crippen molar-refractivity contribution in [1.82, 2.24) is 4.90 Å². The van der Waals surface area contributed by atoms with E-state index in [1.54, 1.807) is 0 Å². The van der Waals surface area contributed by atoms with Crippen molar-refractivity contribution in [2.75, 3.05) is 13.1 Å². The Kier molecular flexibility index (Phi) is 5.06. The van der Waals surface area contributed by atoms with Gasteiger partial charge in [-0.15, -0.1) is 9.24 Å². The van der Waals surface area contributed by atoms with Crippen LogP contribution in [0.1, 0.15) is 52.4 Å². The summed E-state index contributed by atoms with van der Waals surface area (Å²) in [5.41, 5.74) is 0.561.